The van der Waals surface area contributed by atoms with Crippen LogP contribution in [0, 0.1) is 0 Å². The largest absolute Gasteiger partial charge is 0.295 e. The fraction of sp³-hybridized carbons (Fsp3) is 0.0833. The van der Waals surface area contributed by atoms with E-state index in [0.29, 0.717) is 0 Å². The maximum Gasteiger partial charge on any atom is 0.159 e. The van der Waals surface area contributed by atoms with Crippen LogP contribution in [0.15, 0.2) is 35.7 Å². The summed E-state index contributed by atoms with van der Waals surface area (Å²) in [5.74, 6) is 0.0736. The number of hydrogen-bond acceptors (Lipinski definition) is 2. The lowest BCUT2D eigenvalue weighted by Gasteiger charge is -2.01. The number of Topliss-reactive ketones (excluding diaryl/α,β-unsaturated/α-hetero) is 1. The fourth-order valence-corrected chi connectivity index (χ4v) is 2.54. The van der Waals surface area contributed by atoms with E-state index in [-0.39, 0.29) is 5.78 Å². The van der Waals surface area contributed by atoms with Crippen molar-refractivity contribution in [1.82, 2.24) is 0 Å². The van der Waals surface area contributed by atoms with Gasteiger partial charge in [0, 0.05) is 5.56 Å². The summed E-state index contributed by atoms with van der Waals surface area (Å²) >= 11 is 7.61. The Morgan fingerprint density at radius 2 is 2.13 bits per heavy atom. The number of rotatable bonds is 2. The van der Waals surface area contributed by atoms with Gasteiger partial charge in [-0.25, -0.2) is 0 Å². The molecule has 0 unspecified atom stereocenters. The van der Waals surface area contributed by atoms with Crippen LogP contribution in [-0.2, 0) is 0 Å². The third-order valence-corrected chi connectivity index (χ3v) is 3.54. The molecule has 2 rings (SSSR count). The van der Waals surface area contributed by atoms with Crippen molar-refractivity contribution in [2.45, 2.75) is 6.92 Å². The molecular formula is C12H9ClOS. The minimum absolute atomic E-state index is 0.0736. The molecule has 0 radical (unpaired) electrons. The quantitative estimate of drug-likeness (QED) is 0.712. The molecule has 1 aromatic carbocycles. The van der Waals surface area contributed by atoms with Gasteiger partial charge in [-0.1, -0.05) is 29.8 Å². The Bertz CT molecular complexity index is 502. The van der Waals surface area contributed by atoms with Crippen LogP contribution in [-0.4, -0.2) is 5.78 Å². The van der Waals surface area contributed by atoms with Crippen LogP contribution in [0.4, 0.5) is 0 Å². The highest BCUT2D eigenvalue weighted by Gasteiger charge is 2.06. The summed E-state index contributed by atoms with van der Waals surface area (Å²) in [6, 6.07) is 9.39. The number of hydrogen-bond donors (Lipinski definition) is 0. The van der Waals surface area contributed by atoms with Crippen LogP contribution in [0.3, 0.4) is 0 Å². The first-order valence-corrected chi connectivity index (χ1v) is 5.78. The molecule has 0 amide bonds. The summed E-state index contributed by atoms with van der Waals surface area (Å²) in [5, 5.41) is 2.68. The van der Waals surface area contributed by atoms with Crippen LogP contribution in [0.1, 0.15) is 17.3 Å². The molecule has 0 N–H and O–H groups in total. The molecule has 3 heteroatoms. The van der Waals surface area contributed by atoms with E-state index < -0.39 is 0 Å². The molecule has 1 aromatic heterocycles. The highest BCUT2D eigenvalue weighted by atomic mass is 35.5. The maximum atomic E-state index is 11.2. The molecule has 0 bridgehead atoms. The molecule has 0 atom stereocenters. The Morgan fingerprint density at radius 1 is 1.33 bits per heavy atom. The minimum Gasteiger partial charge on any atom is -0.295 e. The van der Waals surface area contributed by atoms with Crippen molar-refractivity contribution in [3.8, 4) is 10.4 Å². The van der Waals surface area contributed by atoms with Gasteiger partial charge >= 0.3 is 0 Å². The van der Waals surface area contributed by atoms with Gasteiger partial charge in [0.05, 0.1) is 9.90 Å². The van der Waals surface area contributed by atoms with Crippen molar-refractivity contribution in [2.24, 2.45) is 0 Å². The first kappa shape index (κ1) is 10.4. The Morgan fingerprint density at radius 3 is 2.73 bits per heavy atom. The fourth-order valence-electron chi connectivity index (χ4n) is 1.38. The molecule has 0 aliphatic heterocycles. The van der Waals surface area contributed by atoms with Crippen molar-refractivity contribution in [3.05, 3.63) is 46.3 Å². The third kappa shape index (κ3) is 2.11. The zero-order valence-electron chi connectivity index (χ0n) is 8.16. The normalized spacial score (nSPS) is 10.3. The van der Waals surface area contributed by atoms with E-state index in [9.17, 15) is 4.79 Å². The molecule has 2 aromatic rings. The summed E-state index contributed by atoms with van der Waals surface area (Å²) in [6.07, 6.45) is 0. The lowest BCUT2D eigenvalue weighted by Crippen LogP contribution is -1.91. The molecule has 76 valence electrons. The first-order chi connectivity index (χ1) is 7.18. The molecule has 0 fully saturated rings. The Labute approximate surface area is 97.3 Å². The van der Waals surface area contributed by atoms with Gasteiger partial charge in [0.1, 0.15) is 0 Å². The van der Waals surface area contributed by atoms with Gasteiger partial charge in [-0.2, -0.15) is 0 Å². The highest BCUT2D eigenvalue weighted by Crippen LogP contribution is 2.33. The average molecular weight is 237 g/mol. The van der Waals surface area contributed by atoms with E-state index in [0.717, 1.165) is 21.0 Å². The lowest BCUT2D eigenvalue weighted by molar-refractivity contribution is 0.101. The summed E-state index contributed by atoms with van der Waals surface area (Å²) in [5.41, 5.74) is 1.72. The average Bonchev–Trinajstić information content (AvgIpc) is 2.64. The van der Waals surface area contributed by atoms with Gasteiger partial charge in [0.2, 0.25) is 0 Å². The number of ketones is 1. The molecule has 0 saturated heterocycles. The zero-order valence-corrected chi connectivity index (χ0v) is 9.73. The minimum atomic E-state index is 0.0736. The van der Waals surface area contributed by atoms with Gasteiger partial charge in [0.15, 0.2) is 5.78 Å². The summed E-state index contributed by atoms with van der Waals surface area (Å²) in [6.45, 7) is 1.56. The van der Waals surface area contributed by atoms with E-state index in [1.807, 2.05) is 35.7 Å². The molecule has 1 nitrogen and oxygen atoms in total. The van der Waals surface area contributed by atoms with E-state index in [1.165, 1.54) is 0 Å². The molecule has 15 heavy (non-hydrogen) atoms. The third-order valence-electron chi connectivity index (χ3n) is 2.15. The summed E-state index contributed by atoms with van der Waals surface area (Å²) in [4.78, 5) is 12.2. The molecule has 1 heterocycles. The van der Waals surface area contributed by atoms with Crippen LogP contribution < -0.4 is 0 Å². The van der Waals surface area contributed by atoms with E-state index in [1.54, 1.807) is 18.3 Å². The van der Waals surface area contributed by atoms with Gasteiger partial charge in [0.25, 0.3) is 0 Å². The number of halogens is 1. The number of benzene rings is 1. The van der Waals surface area contributed by atoms with Crippen LogP contribution >= 0.6 is 22.9 Å². The summed E-state index contributed by atoms with van der Waals surface area (Å²) in [7, 11) is 0. The number of carbonyl (C=O) groups excluding carboxylic acids is 1. The predicted octanol–water partition coefficient (Wildman–Crippen LogP) is 4.27. The van der Waals surface area contributed by atoms with Crippen molar-refractivity contribution >= 4 is 28.7 Å². The van der Waals surface area contributed by atoms with Crippen molar-refractivity contribution in [1.29, 1.82) is 0 Å². The van der Waals surface area contributed by atoms with Gasteiger partial charge in [-0.15, -0.1) is 11.3 Å². The smallest absolute Gasteiger partial charge is 0.159 e. The Kier molecular flexibility index (Phi) is 2.89. The first-order valence-electron chi connectivity index (χ1n) is 4.53. The van der Waals surface area contributed by atoms with Crippen LogP contribution in [0.2, 0.25) is 5.02 Å². The van der Waals surface area contributed by atoms with E-state index in [2.05, 4.69) is 0 Å². The maximum absolute atomic E-state index is 11.2. The van der Waals surface area contributed by atoms with Crippen molar-refractivity contribution < 1.29 is 4.79 Å². The monoisotopic (exact) mass is 236 g/mol. The molecule has 0 aliphatic carbocycles. The van der Waals surface area contributed by atoms with Crippen molar-refractivity contribution in [3.63, 3.8) is 0 Å². The second kappa shape index (κ2) is 4.17. The number of thiophene rings is 1. The van der Waals surface area contributed by atoms with Crippen molar-refractivity contribution in [2.75, 3.05) is 0 Å². The van der Waals surface area contributed by atoms with Gasteiger partial charge < -0.3 is 0 Å². The lowest BCUT2D eigenvalue weighted by atomic mass is 10.1. The van der Waals surface area contributed by atoms with Gasteiger partial charge in [-0.3, -0.25) is 4.79 Å². The molecular weight excluding hydrogens is 228 g/mol. The SMILES string of the molecule is CC(=O)c1cccc(-c2sccc2Cl)c1. The predicted molar refractivity (Wildman–Crippen MR) is 64.8 cm³/mol. The van der Waals surface area contributed by atoms with Crippen LogP contribution in [0.5, 0.6) is 0 Å². The Hall–Kier alpha value is -1.12. The standard InChI is InChI=1S/C12H9ClOS/c1-8(14)9-3-2-4-10(7-9)12-11(13)5-6-15-12/h2-7H,1H3. The number of carbonyl (C=O) groups is 1. The summed E-state index contributed by atoms with van der Waals surface area (Å²) < 4.78 is 0. The highest BCUT2D eigenvalue weighted by molar-refractivity contribution is 7.14. The van der Waals surface area contributed by atoms with E-state index in [4.69, 9.17) is 11.6 Å². The Balaban J connectivity index is 2.50. The zero-order chi connectivity index (χ0) is 10.8. The topological polar surface area (TPSA) is 17.1 Å². The molecule has 0 aliphatic rings. The van der Waals surface area contributed by atoms with E-state index >= 15 is 0 Å². The molecule has 0 saturated carbocycles. The molecule has 0 spiro atoms. The van der Waals surface area contributed by atoms with Gasteiger partial charge in [-0.05, 0) is 30.0 Å². The second-order valence-corrected chi connectivity index (χ2v) is 4.56. The van der Waals surface area contributed by atoms with Crippen LogP contribution in [0.25, 0.3) is 10.4 Å². The second-order valence-electron chi connectivity index (χ2n) is 3.23.